The highest BCUT2D eigenvalue weighted by Gasteiger charge is 2.15. The summed E-state index contributed by atoms with van der Waals surface area (Å²) in [6.07, 6.45) is 3.91. The Morgan fingerprint density at radius 2 is 2.06 bits per heavy atom. The van der Waals surface area contributed by atoms with Crippen molar-refractivity contribution in [3.63, 3.8) is 0 Å². The fourth-order valence-corrected chi connectivity index (χ4v) is 3.49. The summed E-state index contributed by atoms with van der Waals surface area (Å²) in [5.74, 6) is 0.0976. The van der Waals surface area contributed by atoms with E-state index in [1.807, 2.05) is 24.3 Å². The molecule has 2 heterocycles. The van der Waals surface area contributed by atoms with Crippen LogP contribution in [0.15, 0.2) is 59.7 Å². The monoisotopic (exact) mass is 440 g/mol. The van der Waals surface area contributed by atoms with Crippen LogP contribution in [-0.2, 0) is 37.3 Å². The zero-order chi connectivity index (χ0) is 22.2. The Kier molecular flexibility index (Phi) is 7.81. The molecule has 0 saturated heterocycles. The minimum atomic E-state index is -0.291. The summed E-state index contributed by atoms with van der Waals surface area (Å²) in [5.41, 5.74) is 8.45. The molecule has 2 aromatic heterocycles. The van der Waals surface area contributed by atoms with Gasteiger partial charge in [-0.25, -0.2) is 0 Å². The molecule has 8 heteroatoms. The number of hydrogen-bond acceptors (Lipinski definition) is 5. The lowest BCUT2D eigenvalue weighted by Crippen LogP contribution is -2.31. The molecule has 0 radical (unpaired) electrons. The molecule has 7 nitrogen and oxygen atoms in total. The van der Waals surface area contributed by atoms with Crippen molar-refractivity contribution in [3.8, 4) is 5.75 Å². The molecule has 0 aliphatic rings. The number of methoxy groups -OCH3 is 1. The SMILES string of the molecule is COc1ccn(CCc2ccccn2)c(=O)c1CC(=O)NCc1cc(Cl)ccc1CN. The van der Waals surface area contributed by atoms with Crippen molar-refractivity contribution in [2.45, 2.75) is 32.5 Å². The van der Waals surface area contributed by atoms with Crippen molar-refractivity contribution in [1.82, 2.24) is 14.9 Å². The minimum absolute atomic E-state index is 0.0923. The Balaban J connectivity index is 1.71. The Morgan fingerprint density at radius 3 is 2.77 bits per heavy atom. The van der Waals surface area contributed by atoms with Gasteiger partial charge in [-0.3, -0.25) is 14.6 Å². The lowest BCUT2D eigenvalue weighted by Gasteiger charge is -2.13. The highest BCUT2D eigenvalue weighted by Crippen LogP contribution is 2.17. The molecule has 0 unspecified atom stereocenters. The number of nitrogens with one attached hydrogen (secondary N) is 1. The quantitative estimate of drug-likeness (QED) is 0.532. The molecule has 0 saturated carbocycles. The fourth-order valence-electron chi connectivity index (χ4n) is 3.29. The number of rotatable bonds is 9. The molecule has 31 heavy (non-hydrogen) atoms. The molecule has 0 fully saturated rings. The summed E-state index contributed by atoms with van der Waals surface area (Å²) in [6, 6.07) is 12.7. The minimum Gasteiger partial charge on any atom is -0.496 e. The number of nitrogens with two attached hydrogens (primary N) is 1. The molecule has 3 rings (SSSR count). The summed E-state index contributed by atoms with van der Waals surface area (Å²) in [6.45, 7) is 1.07. The zero-order valence-electron chi connectivity index (χ0n) is 17.3. The summed E-state index contributed by atoms with van der Waals surface area (Å²) in [7, 11) is 1.48. The molecule has 0 aliphatic carbocycles. The van der Waals surface area contributed by atoms with Gasteiger partial charge in [-0.05, 0) is 41.5 Å². The van der Waals surface area contributed by atoms with Crippen molar-refractivity contribution in [3.05, 3.63) is 92.6 Å². The highest BCUT2D eigenvalue weighted by atomic mass is 35.5. The molecule has 0 atom stereocenters. The van der Waals surface area contributed by atoms with Gasteiger partial charge in [0.1, 0.15) is 5.75 Å². The zero-order valence-corrected chi connectivity index (χ0v) is 18.1. The summed E-state index contributed by atoms with van der Waals surface area (Å²) >= 11 is 6.05. The molecular formula is C23H25ClN4O3. The third-order valence-electron chi connectivity index (χ3n) is 4.98. The van der Waals surface area contributed by atoms with E-state index in [0.717, 1.165) is 16.8 Å². The van der Waals surface area contributed by atoms with E-state index in [0.29, 0.717) is 35.8 Å². The number of aryl methyl sites for hydroxylation is 2. The van der Waals surface area contributed by atoms with Gasteiger partial charge in [0.2, 0.25) is 5.91 Å². The van der Waals surface area contributed by atoms with Gasteiger partial charge in [0.25, 0.3) is 5.56 Å². The van der Waals surface area contributed by atoms with E-state index in [9.17, 15) is 9.59 Å². The van der Waals surface area contributed by atoms with Crippen molar-refractivity contribution in [1.29, 1.82) is 0 Å². The van der Waals surface area contributed by atoms with Gasteiger partial charge in [-0.15, -0.1) is 0 Å². The number of aromatic nitrogens is 2. The maximum atomic E-state index is 13.0. The number of nitrogens with zero attached hydrogens (tertiary/aromatic N) is 2. The number of carbonyl (C=O) groups is 1. The number of carbonyl (C=O) groups excluding carboxylic acids is 1. The highest BCUT2D eigenvalue weighted by molar-refractivity contribution is 6.30. The summed E-state index contributed by atoms with van der Waals surface area (Å²) in [4.78, 5) is 29.8. The standard InChI is InChI=1S/C23H25ClN4O3/c1-31-21-8-11-28(10-7-19-4-2-3-9-26-19)23(30)20(21)13-22(29)27-15-17-12-18(24)6-5-16(17)14-25/h2-6,8-9,11-12H,7,10,13-15,25H2,1H3,(H,27,29). The van der Waals surface area contributed by atoms with Crippen LogP contribution in [0.5, 0.6) is 5.75 Å². The molecule has 1 amide bonds. The van der Waals surface area contributed by atoms with Crippen molar-refractivity contribution < 1.29 is 9.53 Å². The van der Waals surface area contributed by atoms with E-state index in [1.165, 1.54) is 7.11 Å². The predicted molar refractivity (Wildman–Crippen MR) is 120 cm³/mol. The van der Waals surface area contributed by atoms with Gasteiger partial charge in [0.05, 0.1) is 19.1 Å². The maximum absolute atomic E-state index is 13.0. The van der Waals surface area contributed by atoms with Gasteiger partial charge in [-0.2, -0.15) is 0 Å². The van der Waals surface area contributed by atoms with Crippen molar-refractivity contribution in [2.75, 3.05) is 7.11 Å². The van der Waals surface area contributed by atoms with E-state index in [2.05, 4.69) is 10.3 Å². The molecule has 3 aromatic rings. The second-order valence-corrected chi connectivity index (χ2v) is 7.44. The molecule has 0 bridgehead atoms. The number of benzene rings is 1. The molecule has 1 aromatic carbocycles. The van der Waals surface area contributed by atoms with Crippen LogP contribution in [0, 0.1) is 0 Å². The molecule has 3 N–H and O–H groups in total. The first-order chi connectivity index (χ1) is 15.0. The molecule has 0 aliphatic heterocycles. The number of amides is 1. The largest absolute Gasteiger partial charge is 0.496 e. The second kappa shape index (κ2) is 10.7. The lowest BCUT2D eigenvalue weighted by molar-refractivity contribution is -0.120. The third kappa shape index (κ3) is 5.93. The normalized spacial score (nSPS) is 10.7. The number of halogens is 1. The van der Waals surface area contributed by atoms with Crippen LogP contribution in [0.1, 0.15) is 22.4 Å². The van der Waals surface area contributed by atoms with E-state index < -0.39 is 0 Å². The Labute approximate surface area is 185 Å². The molecular weight excluding hydrogens is 416 g/mol. The van der Waals surface area contributed by atoms with Gasteiger partial charge >= 0.3 is 0 Å². The third-order valence-corrected chi connectivity index (χ3v) is 5.21. The van der Waals surface area contributed by atoms with Crippen LogP contribution < -0.4 is 21.3 Å². The lowest BCUT2D eigenvalue weighted by atomic mass is 10.1. The Hall–Kier alpha value is -3.16. The summed E-state index contributed by atoms with van der Waals surface area (Å²) in [5, 5.41) is 3.41. The van der Waals surface area contributed by atoms with Crippen LogP contribution in [0.3, 0.4) is 0 Å². The average molecular weight is 441 g/mol. The smallest absolute Gasteiger partial charge is 0.258 e. The topological polar surface area (TPSA) is 99.2 Å². The predicted octanol–water partition coefficient (Wildman–Crippen LogP) is 2.47. The van der Waals surface area contributed by atoms with Crippen LogP contribution in [0.25, 0.3) is 0 Å². The first-order valence-corrected chi connectivity index (χ1v) is 10.3. The number of ether oxygens (including phenoxy) is 1. The van der Waals surface area contributed by atoms with Gasteiger partial charge < -0.3 is 20.4 Å². The number of pyridine rings is 2. The van der Waals surface area contributed by atoms with Crippen LogP contribution in [-0.4, -0.2) is 22.6 Å². The second-order valence-electron chi connectivity index (χ2n) is 7.00. The van der Waals surface area contributed by atoms with Gasteiger partial charge in [0.15, 0.2) is 0 Å². The maximum Gasteiger partial charge on any atom is 0.258 e. The van der Waals surface area contributed by atoms with E-state index in [4.69, 9.17) is 22.1 Å². The van der Waals surface area contributed by atoms with Crippen LogP contribution >= 0.6 is 11.6 Å². The first-order valence-electron chi connectivity index (χ1n) is 9.92. The Morgan fingerprint density at radius 1 is 1.23 bits per heavy atom. The fraction of sp³-hybridized carbons (Fsp3) is 0.261. The van der Waals surface area contributed by atoms with Crippen molar-refractivity contribution in [2.24, 2.45) is 5.73 Å². The summed E-state index contributed by atoms with van der Waals surface area (Å²) < 4.78 is 6.89. The van der Waals surface area contributed by atoms with Crippen molar-refractivity contribution >= 4 is 17.5 Å². The van der Waals surface area contributed by atoms with Gasteiger partial charge in [0, 0.05) is 49.2 Å². The van der Waals surface area contributed by atoms with Crippen LogP contribution in [0.2, 0.25) is 5.02 Å². The number of hydrogen-bond donors (Lipinski definition) is 2. The first kappa shape index (κ1) is 22.5. The molecule has 0 spiro atoms. The average Bonchev–Trinajstić information content (AvgIpc) is 2.79. The van der Waals surface area contributed by atoms with Crippen LogP contribution in [0.4, 0.5) is 0 Å². The van der Waals surface area contributed by atoms with E-state index in [-0.39, 0.29) is 24.4 Å². The van der Waals surface area contributed by atoms with E-state index in [1.54, 1.807) is 35.2 Å². The molecule has 162 valence electrons. The van der Waals surface area contributed by atoms with Gasteiger partial charge in [-0.1, -0.05) is 23.7 Å². The van der Waals surface area contributed by atoms with E-state index >= 15 is 0 Å². The Bertz CT molecular complexity index is 1100.